The van der Waals surface area contributed by atoms with Crippen molar-refractivity contribution in [2.45, 2.75) is 6.92 Å². The van der Waals surface area contributed by atoms with Crippen molar-refractivity contribution < 1.29 is 4.74 Å². The molecule has 2 aromatic heterocycles. The van der Waals surface area contributed by atoms with Crippen LogP contribution in [0.1, 0.15) is 5.69 Å². The first-order valence-corrected chi connectivity index (χ1v) is 5.57. The Hall–Kier alpha value is -2.30. The zero-order valence-electron chi connectivity index (χ0n) is 9.87. The highest BCUT2D eigenvalue weighted by Gasteiger charge is 2.09. The molecule has 0 bridgehead atoms. The van der Waals surface area contributed by atoms with E-state index in [9.17, 15) is 0 Å². The molecule has 5 heteroatoms. The molecule has 0 aliphatic heterocycles. The molecular weight excluding hydrogens is 225 g/mol. The second-order valence-corrected chi connectivity index (χ2v) is 4.00. The predicted octanol–water partition coefficient (Wildman–Crippen LogP) is 1.62. The quantitative estimate of drug-likeness (QED) is 0.633. The van der Waals surface area contributed by atoms with Gasteiger partial charge >= 0.3 is 0 Å². The largest absolute Gasteiger partial charge is 0.436 e. The normalized spacial score (nSPS) is 10.7. The SMILES string of the molecule is [B]c1cn2cc(C)nc2c(Oc2ccccc2)n1. The third kappa shape index (κ3) is 1.95. The van der Waals surface area contributed by atoms with E-state index in [2.05, 4.69) is 9.97 Å². The van der Waals surface area contributed by atoms with E-state index in [1.54, 1.807) is 6.20 Å². The number of fused-ring (bicyclic) bond motifs is 1. The van der Waals surface area contributed by atoms with Gasteiger partial charge in [-0.15, -0.1) is 0 Å². The first-order valence-electron chi connectivity index (χ1n) is 5.57. The first kappa shape index (κ1) is 10.8. The molecule has 0 fully saturated rings. The topological polar surface area (TPSA) is 39.4 Å². The van der Waals surface area contributed by atoms with E-state index < -0.39 is 0 Å². The number of aryl methyl sites for hydroxylation is 1. The van der Waals surface area contributed by atoms with E-state index in [0.717, 1.165) is 5.69 Å². The zero-order chi connectivity index (χ0) is 12.5. The molecule has 0 saturated carbocycles. The molecule has 3 rings (SSSR count). The lowest BCUT2D eigenvalue weighted by Crippen LogP contribution is -2.11. The number of hydrogen-bond acceptors (Lipinski definition) is 3. The Morgan fingerprint density at radius 1 is 1.11 bits per heavy atom. The van der Waals surface area contributed by atoms with Gasteiger partial charge in [0.05, 0.1) is 5.69 Å². The Morgan fingerprint density at radius 2 is 1.89 bits per heavy atom. The van der Waals surface area contributed by atoms with Crippen LogP contribution in [0.4, 0.5) is 0 Å². The van der Waals surface area contributed by atoms with Gasteiger partial charge in [0.2, 0.25) is 5.65 Å². The lowest BCUT2D eigenvalue weighted by molar-refractivity contribution is 0.466. The van der Waals surface area contributed by atoms with Crippen LogP contribution in [0.15, 0.2) is 42.7 Å². The minimum absolute atomic E-state index is 0.394. The third-order valence-electron chi connectivity index (χ3n) is 2.50. The summed E-state index contributed by atoms with van der Waals surface area (Å²) >= 11 is 0. The molecule has 0 atom stereocenters. The molecule has 0 aliphatic carbocycles. The van der Waals surface area contributed by atoms with Crippen molar-refractivity contribution in [1.29, 1.82) is 0 Å². The molecule has 0 N–H and O–H groups in total. The van der Waals surface area contributed by atoms with Crippen LogP contribution in [0.25, 0.3) is 5.65 Å². The number of imidazole rings is 1. The maximum atomic E-state index is 5.75. The van der Waals surface area contributed by atoms with E-state index in [1.165, 1.54) is 0 Å². The third-order valence-corrected chi connectivity index (χ3v) is 2.50. The molecule has 1 aromatic carbocycles. The van der Waals surface area contributed by atoms with Crippen molar-refractivity contribution in [1.82, 2.24) is 14.4 Å². The van der Waals surface area contributed by atoms with Crippen LogP contribution in [0, 0.1) is 6.92 Å². The number of benzene rings is 1. The maximum Gasteiger partial charge on any atom is 0.263 e. The average Bonchev–Trinajstić information content (AvgIpc) is 2.71. The fourth-order valence-corrected chi connectivity index (χ4v) is 1.78. The number of rotatable bonds is 2. The van der Waals surface area contributed by atoms with Crippen LogP contribution >= 0.6 is 0 Å². The lowest BCUT2D eigenvalue weighted by atomic mass is 10.1. The Labute approximate surface area is 106 Å². The Kier molecular flexibility index (Phi) is 2.52. The monoisotopic (exact) mass is 235 g/mol. The van der Waals surface area contributed by atoms with E-state index in [0.29, 0.717) is 22.9 Å². The zero-order valence-corrected chi connectivity index (χ0v) is 9.87. The van der Waals surface area contributed by atoms with Crippen molar-refractivity contribution in [3.63, 3.8) is 0 Å². The van der Waals surface area contributed by atoms with Crippen molar-refractivity contribution in [3.05, 3.63) is 48.4 Å². The summed E-state index contributed by atoms with van der Waals surface area (Å²) in [5, 5.41) is 0. The highest BCUT2D eigenvalue weighted by molar-refractivity contribution is 6.30. The highest BCUT2D eigenvalue weighted by atomic mass is 16.5. The van der Waals surface area contributed by atoms with Gasteiger partial charge in [-0.25, -0.2) is 9.97 Å². The number of nitrogens with zero attached hydrogens (tertiary/aromatic N) is 3. The molecular formula is C13H10BN3O. The molecule has 0 aliphatic rings. The molecule has 18 heavy (non-hydrogen) atoms. The first-order chi connectivity index (χ1) is 8.72. The van der Waals surface area contributed by atoms with E-state index in [1.807, 2.05) is 47.9 Å². The summed E-state index contributed by atoms with van der Waals surface area (Å²) in [6, 6.07) is 9.44. The van der Waals surface area contributed by atoms with Crippen LogP contribution in [-0.2, 0) is 0 Å². The van der Waals surface area contributed by atoms with Gasteiger partial charge in [-0.2, -0.15) is 0 Å². The van der Waals surface area contributed by atoms with Gasteiger partial charge in [-0.05, 0) is 19.1 Å². The average molecular weight is 235 g/mol. The van der Waals surface area contributed by atoms with Crippen LogP contribution in [0.5, 0.6) is 11.6 Å². The van der Waals surface area contributed by atoms with Gasteiger partial charge in [0, 0.05) is 18.0 Å². The molecule has 0 spiro atoms. The second kappa shape index (κ2) is 4.18. The Morgan fingerprint density at radius 3 is 2.67 bits per heavy atom. The molecule has 0 unspecified atom stereocenters. The minimum atomic E-state index is 0.394. The summed E-state index contributed by atoms with van der Waals surface area (Å²) in [6.45, 7) is 1.91. The van der Waals surface area contributed by atoms with Crippen molar-refractivity contribution in [3.8, 4) is 11.6 Å². The van der Waals surface area contributed by atoms with Crippen molar-refractivity contribution >= 4 is 19.1 Å². The molecule has 2 heterocycles. The predicted molar refractivity (Wildman–Crippen MR) is 69.6 cm³/mol. The summed E-state index contributed by atoms with van der Waals surface area (Å²) in [7, 11) is 5.75. The maximum absolute atomic E-state index is 5.75. The van der Waals surface area contributed by atoms with Gasteiger partial charge in [0.1, 0.15) is 13.6 Å². The fraction of sp³-hybridized carbons (Fsp3) is 0.0769. The summed E-state index contributed by atoms with van der Waals surface area (Å²) in [5.41, 5.74) is 1.94. The van der Waals surface area contributed by atoms with Crippen LogP contribution in [0.2, 0.25) is 0 Å². The molecule has 0 saturated heterocycles. The Balaban J connectivity index is 2.10. The van der Waals surface area contributed by atoms with Crippen LogP contribution in [-0.4, -0.2) is 22.2 Å². The molecule has 2 radical (unpaired) electrons. The highest BCUT2D eigenvalue weighted by Crippen LogP contribution is 2.22. The summed E-state index contributed by atoms with van der Waals surface area (Å²) in [4.78, 5) is 8.55. The summed E-state index contributed by atoms with van der Waals surface area (Å²) in [6.07, 6.45) is 3.60. The number of para-hydroxylation sites is 1. The molecule has 4 nitrogen and oxygen atoms in total. The van der Waals surface area contributed by atoms with Gasteiger partial charge < -0.3 is 9.14 Å². The van der Waals surface area contributed by atoms with Gasteiger partial charge in [-0.1, -0.05) is 18.2 Å². The van der Waals surface area contributed by atoms with E-state index in [-0.39, 0.29) is 0 Å². The molecule has 86 valence electrons. The summed E-state index contributed by atoms with van der Waals surface area (Å²) in [5.74, 6) is 1.12. The van der Waals surface area contributed by atoms with Gasteiger partial charge in [-0.3, -0.25) is 0 Å². The fourth-order valence-electron chi connectivity index (χ4n) is 1.78. The smallest absolute Gasteiger partial charge is 0.263 e. The van der Waals surface area contributed by atoms with Gasteiger partial charge in [0.25, 0.3) is 5.88 Å². The van der Waals surface area contributed by atoms with Gasteiger partial charge in [0.15, 0.2) is 0 Å². The van der Waals surface area contributed by atoms with Crippen molar-refractivity contribution in [2.24, 2.45) is 0 Å². The van der Waals surface area contributed by atoms with Crippen molar-refractivity contribution in [2.75, 3.05) is 0 Å². The molecule has 3 aromatic rings. The van der Waals surface area contributed by atoms with Crippen LogP contribution in [0.3, 0.4) is 0 Å². The number of hydrogen-bond donors (Lipinski definition) is 0. The Bertz CT molecular complexity index is 694. The van der Waals surface area contributed by atoms with E-state index in [4.69, 9.17) is 12.6 Å². The number of aromatic nitrogens is 3. The number of ether oxygens (including phenoxy) is 1. The summed E-state index contributed by atoms with van der Waals surface area (Å²) < 4.78 is 7.53. The van der Waals surface area contributed by atoms with Crippen LogP contribution < -0.4 is 10.3 Å². The standard InChI is InChI=1S/C13H10BN3O/c1-9-7-17-8-11(14)16-13(12(17)15-9)18-10-5-3-2-4-6-10/h2-8H,1H3. The molecule has 0 amide bonds. The van der Waals surface area contributed by atoms with E-state index >= 15 is 0 Å². The second-order valence-electron chi connectivity index (χ2n) is 4.00. The minimum Gasteiger partial charge on any atom is -0.436 e. The lowest BCUT2D eigenvalue weighted by Gasteiger charge is -2.06.